The summed E-state index contributed by atoms with van der Waals surface area (Å²) in [5.41, 5.74) is 0.878. The Morgan fingerprint density at radius 1 is 0.947 bits per heavy atom. The number of rotatable bonds is 11. The SMILES string of the molecule is CS(=O)(=O)c1ccc(C(=O)NCC(C(=O)NCCNc2ccc(OC(F)(F)F)cc2)C2CCCCC2)cc1. The number of hydrogen-bond acceptors (Lipinski definition) is 6. The molecular formula is C26H32F3N3O5S. The minimum atomic E-state index is -4.75. The van der Waals surface area contributed by atoms with E-state index in [1.807, 2.05) is 0 Å². The summed E-state index contributed by atoms with van der Waals surface area (Å²) in [6.07, 6.45) is 1.27. The zero-order valence-corrected chi connectivity index (χ0v) is 21.8. The lowest BCUT2D eigenvalue weighted by atomic mass is 9.79. The Morgan fingerprint density at radius 2 is 1.58 bits per heavy atom. The van der Waals surface area contributed by atoms with E-state index < -0.39 is 28.0 Å². The van der Waals surface area contributed by atoms with E-state index in [2.05, 4.69) is 20.7 Å². The van der Waals surface area contributed by atoms with Crippen LogP contribution in [0.1, 0.15) is 42.5 Å². The van der Waals surface area contributed by atoms with Crippen LogP contribution >= 0.6 is 0 Å². The van der Waals surface area contributed by atoms with Gasteiger partial charge in [0.05, 0.1) is 10.8 Å². The van der Waals surface area contributed by atoms with E-state index in [-0.39, 0.29) is 35.6 Å². The van der Waals surface area contributed by atoms with Gasteiger partial charge >= 0.3 is 6.36 Å². The number of hydrogen-bond donors (Lipinski definition) is 3. The third-order valence-electron chi connectivity index (χ3n) is 6.42. The van der Waals surface area contributed by atoms with Gasteiger partial charge in [0.2, 0.25) is 5.91 Å². The first kappa shape index (κ1) is 29.3. The molecule has 1 saturated carbocycles. The molecule has 1 aliphatic carbocycles. The number of nitrogens with one attached hydrogen (secondary N) is 3. The monoisotopic (exact) mass is 555 g/mol. The summed E-state index contributed by atoms with van der Waals surface area (Å²) in [6, 6.07) is 10.9. The molecule has 0 bridgehead atoms. The van der Waals surface area contributed by atoms with E-state index in [1.54, 1.807) is 0 Å². The van der Waals surface area contributed by atoms with Crippen LogP contribution in [0.3, 0.4) is 0 Å². The first-order valence-electron chi connectivity index (χ1n) is 12.4. The zero-order valence-electron chi connectivity index (χ0n) is 21.0. The van der Waals surface area contributed by atoms with Crippen LogP contribution in [0.2, 0.25) is 0 Å². The summed E-state index contributed by atoms with van der Waals surface area (Å²) >= 11 is 0. The van der Waals surface area contributed by atoms with Gasteiger partial charge in [-0.05, 0) is 67.3 Å². The molecule has 0 saturated heterocycles. The molecule has 0 heterocycles. The Morgan fingerprint density at radius 3 is 2.16 bits per heavy atom. The number of carbonyl (C=O) groups is 2. The van der Waals surface area contributed by atoms with E-state index >= 15 is 0 Å². The minimum absolute atomic E-state index is 0.118. The molecular weight excluding hydrogens is 523 g/mol. The number of ether oxygens (including phenoxy) is 1. The predicted molar refractivity (Wildman–Crippen MR) is 137 cm³/mol. The van der Waals surface area contributed by atoms with Crippen molar-refractivity contribution in [3.05, 3.63) is 54.1 Å². The molecule has 2 amide bonds. The van der Waals surface area contributed by atoms with Gasteiger partial charge in [-0.25, -0.2) is 8.42 Å². The summed E-state index contributed by atoms with van der Waals surface area (Å²) < 4.78 is 64.0. The summed E-state index contributed by atoms with van der Waals surface area (Å²) in [7, 11) is -3.37. The van der Waals surface area contributed by atoms with Gasteiger partial charge in [0, 0.05) is 37.1 Å². The van der Waals surface area contributed by atoms with Crippen molar-refractivity contribution in [2.24, 2.45) is 11.8 Å². The number of halogens is 3. The molecule has 208 valence electrons. The Bertz CT molecular complexity index is 1180. The summed E-state index contributed by atoms with van der Waals surface area (Å²) in [5.74, 6) is -1.18. The fourth-order valence-corrected chi connectivity index (χ4v) is 5.10. The second-order valence-electron chi connectivity index (χ2n) is 9.30. The fourth-order valence-electron chi connectivity index (χ4n) is 4.47. The van der Waals surface area contributed by atoms with Crippen LogP contribution in [0.5, 0.6) is 5.75 Å². The molecule has 3 rings (SSSR count). The average molecular weight is 556 g/mol. The Labute approximate surface area is 220 Å². The molecule has 1 fully saturated rings. The van der Waals surface area contributed by atoms with Crippen LogP contribution in [-0.2, 0) is 14.6 Å². The van der Waals surface area contributed by atoms with Crippen molar-refractivity contribution < 1.29 is 35.9 Å². The van der Waals surface area contributed by atoms with E-state index in [1.165, 1.54) is 48.5 Å². The maximum absolute atomic E-state index is 13.1. The second-order valence-corrected chi connectivity index (χ2v) is 11.3. The Kier molecular flexibility index (Phi) is 10.0. The molecule has 1 unspecified atom stereocenters. The zero-order chi connectivity index (χ0) is 27.8. The molecule has 0 radical (unpaired) electrons. The highest BCUT2D eigenvalue weighted by Crippen LogP contribution is 2.30. The van der Waals surface area contributed by atoms with E-state index in [4.69, 9.17) is 0 Å². The van der Waals surface area contributed by atoms with Crippen molar-refractivity contribution in [1.29, 1.82) is 0 Å². The van der Waals surface area contributed by atoms with Crippen molar-refractivity contribution in [2.75, 3.05) is 31.2 Å². The molecule has 38 heavy (non-hydrogen) atoms. The molecule has 0 aromatic heterocycles. The lowest BCUT2D eigenvalue weighted by molar-refractivity contribution is -0.274. The quantitative estimate of drug-likeness (QED) is 0.359. The molecule has 2 aromatic rings. The van der Waals surface area contributed by atoms with Crippen LogP contribution in [-0.4, -0.2) is 52.5 Å². The van der Waals surface area contributed by atoms with Gasteiger partial charge in [-0.3, -0.25) is 9.59 Å². The highest BCUT2D eigenvalue weighted by atomic mass is 32.2. The Balaban J connectivity index is 1.52. The summed E-state index contributed by atoms with van der Waals surface area (Å²) in [5, 5.41) is 8.74. The average Bonchev–Trinajstić information content (AvgIpc) is 2.87. The fraction of sp³-hybridized carbons (Fsp3) is 0.462. The highest BCUT2D eigenvalue weighted by molar-refractivity contribution is 7.90. The van der Waals surface area contributed by atoms with Crippen molar-refractivity contribution in [3.8, 4) is 5.75 Å². The topological polar surface area (TPSA) is 114 Å². The summed E-state index contributed by atoms with van der Waals surface area (Å²) in [4.78, 5) is 25.8. The molecule has 8 nitrogen and oxygen atoms in total. The van der Waals surface area contributed by atoms with Gasteiger partial charge in [0.1, 0.15) is 5.75 Å². The predicted octanol–water partition coefficient (Wildman–Crippen LogP) is 4.14. The summed E-state index contributed by atoms with van der Waals surface area (Å²) in [6.45, 7) is 0.780. The standard InChI is InChI=1S/C26H32F3N3O5S/c1-38(35,36)22-13-7-19(8-14-22)24(33)32-17-23(18-5-3-2-4-6-18)25(34)31-16-15-30-20-9-11-21(12-10-20)37-26(27,28)29/h7-14,18,23,30H,2-6,15-17H2,1H3,(H,31,34)(H,32,33). The molecule has 1 aliphatic rings. The van der Waals surface area contributed by atoms with Crippen LogP contribution in [0.25, 0.3) is 0 Å². The van der Waals surface area contributed by atoms with Gasteiger partial charge in [-0.2, -0.15) is 0 Å². The first-order valence-corrected chi connectivity index (χ1v) is 14.3. The van der Waals surface area contributed by atoms with E-state index in [0.717, 1.165) is 38.4 Å². The normalized spacial score (nSPS) is 15.4. The minimum Gasteiger partial charge on any atom is -0.406 e. The van der Waals surface area contributed by atoms with Gasteiger partial charge in [0.15, 0.2) is 9.84 Å². The van der Waals surface area contributed by atoms with Crippen LogP contribution < -0.4 is 20.7 Å². The van der Waals surface area contributed by atoms with Crippen molar-refractivity contribution in [2.45, 2.75) is 43.4 Å². The smallest absolute Gasteiger partial charge is 0.406 e. The number of anilines is 1. The van der Waals surface area contributed by atoms with E-state index in [9.17, 15) is 31.2 Å². The molecule has 1 atom stereocenters. The van der Waals surface area contributed by atoms with Crippen molar-refractivity contribution in [1.82, 2.24) is 10.6 Å². The molecule has 3 N–H and O–H groups in total. The Hall–Kier alpha value is -3.28. The maximum Gasteiger partial charge on any atom is 0.573 e. The van der Waals surface area contributed by atoms with Gasteiger partial charge in [-0.1, -0.05) is 19.3 Å². The molecule has 0 spiro atoms. The third kappa shape index (κ3) is 9.23. The third-order valence-corrected chi connectivity index (χ3v) is 7.55. The van der Waals surface area contributed by atoms with Crippen molar-refractivity contribution in [3.63, 3.8) is 0 Å². The van der Waals surface area contributed by atoms with E-state index in [0.29, 0.717) is 17.8 Å². The molecule has 2 aromatic carbocycles. The van der Waals surface area contributed by atoms with Crippen LogP contribution in [0.15, 0.2) is 53.4 Å². The van der Waals surface area contributed by atoms with Crippen LogP contribution in [0, 0.1) is 11.8 Å². The van der Waals surface area contributed by atoms with Crippen LogP contribution in [0.4, 0.5) is 18.9 Å². The number of amides is 2. The molecule has 12 heteroatoms. The highest BCUT2D eigenvalue weighted by Gasteiger charge is 2.31. The van der Waals surface area contributed by atoms with Gasteiger partial charge < -0.3 is 20.7 Å². The number of alkyl halides is 3. The lowest BCUT2D eigenvalue weighted by Gasteiger charge is -2.29. The first-order chi connectivity index (χ1) is 17.9. The van der Waals surface area contributed by atoms with Gasteiger partial charge in [0.25, 0.3) is 5.91 Å². The number of benzene rings is 2. The maximum atomic E-state index is 13.1. The largest absolute Gasteiger partial charge is 0.573 e. The number of sulfone groups is 1. The molecule has 0 aliphatic heterocycles. The number of carbonyl (C=O) groups excluding carboxylic acids is 2. The van der Waals surface area contributed by atoms with Crippen molar-refractivity contribution >= 4 is 27.3 Å². The van der Waals surface area contributed by atoms with Gasteiger partial charge in [-0.15, -0.1) is 13.2 Å². The lowest BCUT2D eigenvalue weighted by Crippen LogP contribution is -2.44. The second kappa shape index (κ2) is 13.0.